The molecule has 18 heavy (non-hydrogen) atoms. The van der Waals surface area contributed by atoms with Gasteiger partial charge in [-0.25, -0.2) is 4.79 Å². The quantitative estimate of drug-likeness (QED) is 0.619. The van der Waals surface area contributed by atoms with E-state index in [4.69, 9.17) is 14.5 Å². The molecule has 1 fully saturated rings. The zero-order chi connectivity index (χ0) is 13.3. The fourth-order valence-corrected chi connectivity index (χ4v) is 3.68. The van der Waals surface area contributed by atoms with E-state index in [-0.39, 0.29) is 6.54 Å². The van der Waals surface area contributed by atoms with Crippen molar-refractivity contribution in [3.63, 3.8) is 0 Å². The summed E-state index contributed by atoms with van der Waals surface area (Å²) in [5.41, 5.74) is -1.07. The average Bonchev–Trinajstić information content (AvgIpc) is 2.70. The second kappa shape index (κ2) is 5.02. The molecule has 1 aromatic rings. The van der Waals surface area contributed by atoms with Crippen LogP contribution in [0.4, 0.5) is 0 Å². The van der Waals surface area contributed by atoms with E-state index in [2.05, 4.69) is 4.98 Å². The van der Waals surface area contributed by atoms with E-state index >= 15 is 0 Å². The molecule has 2 unspecified atom stereocenters. The summed E-state index contributed by atoms with van der Waals surface area (Å²) in [4.78, 5) is 42.2. The largest absolute Gasteiger partial charge is 0.364 e. The van der Waals surface area contributed by atoms with Crippen LogP contribution in [0.25, 0.3) is 0 Å². The lowest BCUT2D eigenvalue weighted by Gasteiger charge is -2.14. The minimum atomic E-state index is -4.28. The minimum Gasteiger partial charge on any atom is -0.349 e. The van der Waals surface area contributed by atoms with Crippen LogP contribution >= 0.6 is 19.4 Å². The standard InChI is InChI=1S/C8H11N2O6PS/c11-6-1-2-10(7(12)9-6)3-5-4-18-8(16-5)17(13,14)15/h1-2,5,8H,3-4H2,(H,9,11,12)(H2,13,14,15). The molecule has 8 nitrogen and oxygen atoms in total. The number of aromatic nitrogens is 2. The third kappa shape index (κ3) is 3.12. The second-order valence-corrected chi connectivity index (χ2v) is 6.84. The molecule has 0 aromatic carbocycles. The first kappa shape index (κ1) is 13.6. The number of hydrogen-bond donors (Lipinski definition) is 3. The van der Waals surface area contributed by atoms with Crippen LogP contribution in [-0.2, 0) is 15.8 Å². The van der Waals surface area contributed by atoms with Crippen molar-refractivity contribution < 1.29 is 19.1 Å². The van der Waals surface area contributed by atoms with Gasteiger partial charge < -0.3 is 14.5 Å². The highest BCUT2D eigenvalue weighted by atomic mass is 32.2. The van der Waals surface area contributed by atoms with Crippen LogP contribution in [0.5, 0.6) is 0 Å². The van der Waals surface area contributed by atoms with Crippen LogP contribution in [0.3, 0.4) is 0 Å². The van der Waals surface area contributed by atoms with Crippen molar-refractivity contribution in [1.29, 1.82) is 0 Å². The summed E-state index contributed by atoms with van der Waals surface area (Å²) in [6.45, 7) is 0.138. The van der Waals surface area contributed by atoms with E-state index in [1.54, 1.807) is 0 Å². The Morgan fingerprint density at radius 3 is 2.83 bits per heavy atom. The van der Waals surface area contributed by atoms with E-state index in [1.807, 2.05) is 0 Å². The van der Waals surface area contributed by atoms with Crippen LogP contribution in [0, 0.1) is 0 Å². The molecular weight excluding hydrogens is 283 g/mol. The maximum absolute atomic E-state index is 11.4. The van der Waals surface area contributed by atoms with Gasteiger partial charge in [-0.3, -0.25) is 18.9 Å². The monoisotopic (exact) mass is 294 g/mol. The highest BCUT2D eigenvalue weighted by molar-refractivity contribution is 8.05. The first-order valence-electron chi connectivity index (χ1n) is 4.98. The third-order valence-corrected chi connectivity index (χ3v) is 5.21. The molecule has 0 spiro atoms. The Morgan fingerprint density at radius 1 is 1.56 bits per heavy atom. The molecule has 10 heteroatoms. The van der Waals surface area contributed by atoms with Gasteiger partial charge in [-0.2, -0.15) is 0 Å². The molecule has 1 aliphatic heterocycles. The summed E-state index contributed by atoms with van der Waals surface area (Å²) >= 11 is 1.01. The molecule has 2 rings (SSSR count). The number of H-pyrrole nitrogens is 1. The fourth-order valence-electron chi connectivity index (χ4n) is 1.51. The summed E-state index contributed by atoms with van der Waals surface area (Å²) < 4.78 is 17.4. The topological polar surface area (TPSA) is 122 Å². The smallest absolute Gasteiger partial charge is 0.349 e. The van der Waals surface area contributed by atoms with Crippen molar-refractivity contribution in [2.75, 3.05) is 5.75 Å². The fraction of sp³-hybridized carbons (Fsp3) is 0.500. The lowest BCUT2D eigenvalue weighted by Crippen LogP contribution is -2.33. The lowest BCUT2D eigenvalue weighted by atomic mass is 10.4. The van der Waals surface area contributed by atoms with Gasteiger partial charge in [0, 0.05) is 18.0 Å². The van der Waals surface area contributed by atoms with Crippen molar-refractivity contribution in [2.24, 2.45) is 0 Å². The molecule has 100 valence electrons. The maximum Gasteiger partial charge on any atom is 0.364 e. The molecule has 0 amide bonds. The molecule has 2 heterocycles. The first-order valence-corrected chi connectivity index (χ1v) is 7.71. The minimum absolute atomic E-state index is 0.138. The Labute approximate surface area is 105 Å². The first-order chi connectivity index (χ1) is 8.36. The summed E-state index contributed by atoms with van der Waals surface area (Å²) in [5, 5.41) is -1.18. The number of hydrogen-bond acceptors (Lipinski definition) is 5. The highest BCUT2D eigenvalue weighted by Crippen LogP contribution is 2.51. The number of rotatable bonds is 3. The zero-order valence-electron chi connectivity index (χ0n) is 9.05. The van der Waals surface area contributed by atoms with Crippen LogP contribution in [0.1, 0.15) is 0 Å². The number of aromatic amines is 1. The van der Waals surface area contributed by atoms with Crippen molar-refractivity contribution in [2.45, 2.75) is 17.8 Å². The van der Waals surface area contributed by atoms with Gasteiger partial charge in [0.15, 0.2) is 0 Å². The molecule has 0 bridgehead atoms. The summed E-state index contributed by atoms with van der Waals surface area (Å²) in [6.07, 6.45) is 0.844. The van der Waals surface area contributed by atoms with Gasteiger partial charge in [0.25, 0.3) is 5.56 Å². The van der Waals surface area contributed by atoms with Crippen molar-refractivity contribution in [3.8, 4) is 0 Å². The van der Waals surface area contributed by atoms with Gasteiger partial charge in [-0.05, 0) is 0 Å². The van der Waals surface area contributed by atoms with Gasteiger partial charge >= 0.3 is 13.3 Å². The summed E-state index contributed by atoms with van der Waals surface area (Å²) in [7, 11) is -4.28. The van der Waals surface area contributed by atoms with E-state index in [9.17, 15) is 14.2 Å². The molecule has 1 aliphatic rings. The van der Waals surface area contributed by atoms with E-state index in [0.717, 1.165) is 11.8 Å². The van der Waals surface area contributed by atoms with Gasteiger partial charge in [0.05, 0.1) is 12.6 Å². The van der Waals surface area contributed by atoms with Gasteiger partial charge in [0.1, 0.15) is 0 Å². The summed E-state index contributed by atoms with van der Waals surface area (Å²) in [6, 6.07) is 1.20. The Hall–Kier alpha value is -0.860. The van der Waals surface area contributed by atoms with Gasteiger partial charge in [-0.15, -0.1) is 11.8 Å². The molecule has 0 saturated carbocycles. The summed E-state index contributed by atoms with van der Waals surface area (Å²) in [5.74, 6) is 0.376. The van der Waals surface area contributed by atoms with Crippen LogP contribution in [0.2, 0.25) is 0 Å². The number of nitrogens with zero attached hydrogens (tertiary/aromatic N) is 1. The Bertz CT molecular complexity index is 592. The maximum atomic E-state index is 11.4. The Kier molecular flexibility index (Phi) is 3.79. The van der Waals surface area contributed by atoms with Crippen LogP contribution in [0.15, 0.2) is 21.9 Å². The molecule has 0 aliphatic carbocycles. The van der Waals surface area contributed by atoms with E-state index in [0.29, 0.717) is 5.75 Å². The molecule has 1 saturated heterocycles. The van der Waals surface area contributed by atoms with Crippen LogP contribution < -0.4 is 11.2 Å². The van der Waals surface area contributed by atoms with Gasteiger partial charge in [-0.1, -0.05) is 0 Å². The molecule has 1 aromatic heterocycles. The van der Waals surface area contributed by atoms with E-state index < -0.39 is 30.1 Å². The molecule has 2 atom stereocenters. The molecule has 0 radical (unpaired) electrons. The van der Waals surface area contributed by atoms with E-state index in [1.165, 1.54) is 16.8 Å². The highest BCUT2D eigenvalue weighted by Gasteiger charge is 2.38. The number of ether oxygens (including phenoxy) is 1. The number of thioether (sulfide) groups is 1. The second-order valence-electron chi connectivity index (χ2n) is 3.75. The molecule has 3 N–H and O–H groups in total. The lowest BCUT2D eigenvalue weighted by molar-refractivity contribution is 0.0761. The average molecular weight is 294 g/mol. The van der Waals surface area contributed by atoms with Crippen LogP contribution in [-0.4, -0.2) is 36.4 Å². The van der Waals surface area contributed by atoms with Gasteiger partial charge in [0.2, 0.25) is 5.18 Å². The van der Waals surface area contributed by atoms with Crippen molar-refractivity contribution >= 4 is 19.4 Å². The predicted octanol–water partition coefficient (Wildman–Crippen LogP) is -0.870. The zero-order valence-corrected chi connectivity index (χ0v) is 10.8. The predicted molar refractivity (Wildman–Crippen MR) is 64.5 cm³/mol. The van der Waals surface area contributed by atoms with Crippen molar-refractivity contribution in [3.05, 3.63) is 33.1 Å². The number of nitrogens with one attached hydrogen (secondary N) is 1. The van der Waals surface area contributed by atoms with Crippen molar-refractivity contribution in [1.82, 2.24) is 9.55 Å². The Balaban J connectivity index is 2.06. The third-order valence-electron chi connectivity index (χ3n) is 2.31. The Morgan fingerprint density at radius 2 is 2.28 bits per heavy atom. The SMILES string of the molecule is O=c1ccn(CC2CSC(P(=O)(O)O)O2)c(=O)[nH]1. The molecular formula is C8H11N2O6PS. The normalized spacial score (nSPS) is 24.3.